The van der Waals surface area contributed by atoms with Crippen molar-refractivity contribution in [2.45, 2.75) is 19.0 Å². The highest BCUT2D eigenvalue weighted by molar-refractivity contribution is 5.82. The largest absolute Gasteiger partial charge is 0.378 e. The molecule has 2 unspecified atom stereocenters. The van der Waals surface area contributed by atoms with Crippen molar-refractivity contribution in [2.75, 3.05) is 19.8 Å². The van der Waals surface area contributed by atoms with E-state index in [1.807, 2.05) is 0 Å². The average molecular weight is 182 g/mol. The van der Waals surface area contributed by atoms with E-state index >= 15 is 0 Å². The van der Waals surface area contributed by atoms with E-state index in [1.165, 1.54) is 0 Å². The Bertz CT molecular complexity index is 216. The molecule has 0 spiro atoms. The Labute approximate surface area is 78.0 Å². The highest BCUT2D eigenvalue weighted by atomic mass is 16.5. The number of amides is 1. The van der Waals surface area contributed by atoms with Crippen LogP contribution in [0.25, 0.3) is 0 Å². The second-order valence-electron chi connectivity index (χ2n) is 2.98. The van der Waals surface area contributed by atoms with Gasteiger partial charge >= 0.3 is 0 Å². The monoisotopic (exact) mass is 182 g/mol. The van der Waals surface area contributed by atoms with Gasteiger partial charge < -0.3 is 15.4 Å². The highest BCUT2D eigenvalue weighted by Gasteiger charge is 2.21. The number of rotatable bonds is 2. The fraction of sp³-hybridized carbons (Fsp3) is 0.667. The summed E-state index contributed by atoms with van der Waals surface area (Å²) in [5.41, 5.74) is 0. The smallest absolute Gasteiger partial charge is 0.240 e. The van der Waals surface area contributed by atoms with Gasteiger partial charge in [-0.15, -0.1) is 6.42 Å². The maximum atomic E-state index is 11.4. The number of ether oxygens (including phenoxy) is 1. The molecule has 13 heavy (non-hydrogen) atoms. The second kappa shape index (κ2) is 4.85. The van der Waals surface area contributed by atoms with Gasteiger partial charge in [-0.2, -0.15) is 0 Å². The number of carbonyl (C=O) groups excluding carboxylic acids is 1. The molecule has 0 aliphatic carbocycles. The minimum atomic E-state index is -0.260. The van der Waals surface area contributed by atoms with Crippen LogP contribution in [0.3, 0.4) is 0 Å². The second-order valence-corrected chi connectivity index (χ2v) is 2.98. The predicted octanol–water partition coefficient (Wildman–Crippen LogP) is -0.887. The highest BCUT2D eigenvalue weighted by Crippen LogP contribution is 1.93. The summed E-state index contributed by atoms with van der Waals surface area (Å²) in [5, 5.41) is 5.72. The summed E-state index contributed by atoms with van der Waals surface area (Å²) in [6, 6.07) is -0.485. The molecular weight excluding hydrogens is 168 g/mol. The Balaban J connectivity index is 2.34. The van der Waals surface area contributed by atoms with Crippen LogP contribution < -0.4 is 10.6 Å². The first-order valence-electron chi connectivity index (χ1n) is 4.31. The minimum Gasteiger partial charge on any atom is -0.378 e. The van der Waals surface area contributed by atoms with Crippen LogP contribution in [0.5, 0.6) is 0 Å². The Kier molecular flexibility index (Phi) is 3.74. The van der Waals surface area contributed by atoms with Gasteiger partial charge in [-0.3, -0.25) is 4.79 Å². The van der Waals surface area contributed by atoms with Gasteiger partial charge in [0.25, 0.3) is 0 Å². The predicted molar refractivity (Wildman–Crippen MR) is 49.0 cm³/mol. The van der Waals surface area contributed by atoms with E-state index in [0.29, 0.717) is 19.8 Å². The average Bonchev–Trinajstić information content (AvgIpc) is 2.19. The van der Waals surface area contributed by atoms with Crippen molar-refractivity contribution in [3.8, 4) is 12.3 Å². The molecular formula is C9H14N2O2. The molecule has 1 fully saturated rings. The van der Waals surface area contributed by atoms with Crippen LogP contribution in [0.15, 0.2) is 0 Å². The van der Waals surface area contributed by atoms with Crippen LogP contribution in [0.4, 0.5) is 0 Å². The zero-order valence-corrected chi connectivity index (χ0v) is 7.67. The maximum Gasteiger partial charge on any atom is 0.240 e. The van der Waals surface area contributed by atoms with Gasteiger partial charge in [-0.1, -0.05) is 5.92 Å². The molecule has 4 nitrogen and oxygen atoms in total. The number of hydrogen-bond acceptors (Lipinski definition) is 3. The molecule has 1 heterocycles. The fourth-order valence-electron chi connectivity index (χ4n) is 1.09. The molecule has 0 aromatic carbocycles. The van der Waals surface area contributed by atoms with E-state index < -0.39 is 0 Å². The fourth-order valence-corrected chi connectivity index (χ4v) is 1.09. The van der Waals surface area contributed by atoms with Crippen molar-refractivity contribution >= 4 is 5.91 Å². The van der Waals surface area contributed by atoms with E-state index in [-0.39, 0.29) is 18.0 Å². The Morgan fingerprint density at radius 3 is 3.15 bits per heavy atom. The molecule has 1 rings (SSSR count). The van der Waals surface area contributed by atoms with Crippen LogP contribution in [0.2, 0.25) is 0 Å². The summed E-state index contributed by atoms with van der Waals surface area (Å²) in [6.45, 7) is 3.56. The third kappa shape index (κ3) is 3.05. The van der Waals surface area contributed by atoms with Crippen molar-refractivity contribution in [3.05, 3.63) is 0 Å². The van der Waals surface area contributed by atoms with E-state index in [2.05, 4.69) is 16.6 Å². The number of carbonyl (C=O) groups is 1. The number of morpholine rings is 1. The lowest BCUT2D eigenvalue weighted by Gasteiger charge is -2.23. The quantitative estimate of drug-likeness (QED) is 0.545. The van der Waals surface area contributed by atoms with Crippen LogP contribution >= 0.6 is 0 Å². The van der Waals surface area contributed by atoms with Crippen LogP contribution in [-0.4, -0.2) is 37.7 Å². The van der Waals surface area contributed by atoms with Crippen molar-refractivity contribution in [1.29, 1.82) is 0 Å². The number of nitrogens with one attached hydrogen (secondary N) is 2. The lowest BCUT2D eigenvalue weighted by molar-refractivity contribution is -0.126. The SMILES string of the molecule is C#CC(C)NC(=O)C1COCCN1. The van der Waals surface area contributed by atoms with Crippen molar-refractivity contribution in [3.63, 3.8) is 0 Å². The van der Waals surface area contributed by atoms with Gasteiger partial charge in [0.2, 0.25) is 5.91 Å². The molecule has 2 N–H and O–H groups in total. The van der Waals surface area contributed by atoms with E-state index in [0.717, 1.165) is 0 Å². The molecule has 2 atom stereocenters. The Morgan fingerprint density at radius 2 is 2.62 bits per heavy atom. The summed E-state index contributed by atoms with van der Waals surface area (Å²) in [4.78, 5) is 11.4. The van der Waals surface area contributed by atoms with Gasteiger partial charge in [-0.25, -0.2) is 0 Å². The van der Waals surface area contributed by atoms with Crippen molar-refractivity contribution < 1.29 is 9.53 Å². The zero-order valence-electron chi connectivity index (χ0n) is 7.67. The summed E-state index contributed by atoms with van der Waals surface area (Å²) in [5.74, 6) is 2.34. The molecule has 1 saturated heterocycles. The Hall–Kier alpha value is -1.05. The van der Waals surface area contributed by atoms with Crippen LogP contribution in [0, 0.1) is 12.3 Å². The summed E-state index contributed by atoms with van der Waals surface area (Å²) in [7, 11) is 0. The topological polar surface area (TPSA) is 50.4 Å². The van der Waals surface area contributed by atoms with Crippen molar-refractivity contribution in [2.24, 2.45) is 0 Å². The van der Waals surface area contributed by atoms with E-state index in [4.69, 9.17) is 11.2 Å². The normalized spacial score (nSPS) is 24.5. The standard InChI is InChI=1S/C9H14N2O2/c1-3-7(2)11-9(12)8-6-13-5-4-10-8/h1,7-8,10H,4-6H2,2H3,(H,11,12). The molecule has 4 heteroatoms. The first-order valence-corrected chi connectivity index (χ1v) is 4.31. The number of hydrogen-bond donors (Lipinski definition) is 2. The lowest BCUT2D eigenvalue weighted by Crippen LogP contribution is -2.52. The molecule has 0 saturated carbocycles. The first kappa shape index (κ1) is 10.0. The third-order valence-corrected chi connectivity index (χ3v) is 1.85. The molecule has 0 radical (unpaired) electrons. The molecule has 1 aliphatic heterocycles. The molecule has 1 amide bonds. The lowest BCUT2D eigenvalue weighted by atomic mass is 10.2. The van der Waals surface area contributed by atoms with E-state index in [1.54, 1.807) is 6.92 Å². The Morgan fingerprint density at radius 1 is 1.85 bits per heavy atom. The van der Waals surface area contributed by atoms with Crippen LogP contribution in [-0.2, 0) is 9.53 Å². The van der Waals surface area contributed by atoms with Crippen LogP contribution in [0.1, 0.15) is 6.92 Å². The maximum absolute atomic E-state index is 11.4. The summed E-state index contributed by atoms with van der Waals surface area (Å²) in [6.07, 6.45) is 5.13. The first-order chi connectivity index (χ1) is 6.24. The molecule has 0 aromatic rings. The summed E-state index contributed by atoms with van der Waals surface area (Å²) < 4.78 is 5.14. The summed E-state index contributed by atoms with van der Waals surface area (Å²) >= 11 is 0. The zero-order chi connectivity index (χ0) is 9.68. The van der Waals surface area contributed by atoms with Gasteiger partial charge in [0, 0.05) is 6.54 Å². The van der Waals surface area contributed by atoms with Crippen molar-refractivity contribution in [1.82, 2.24) is 10.6 Å². The molecule has 72 valence electrons. The van der Waals surface area contributed by atoms with Gasteiger partial charge in [0.15, 0.2) is 0 Å². The number of terminal acetylenes is 1. The van der Waals surface area contributed by atoms with Gasteiger partial charge in [0.05, 0.1) is 19.3 Å². The van der Waals surface area contributed by atoms with E-state index in [9.17, 15) is 4.79 Å². The van der Waals surface area contributed by atoms with Gasteiger partial charge in [-0.05, 0) is 6.92 Å². The molecule has 0 aromatic heterocycles. The minimum absolute atomic E-state index is 0.0925. The molecule has 0 bridgehead atoms. The third-order valence-electron chi connectivity index (χ3n) is 1.85. The van der Waals surface area contributed by atoms with Gasteiger partial charge in [0.1, 0.15) is 6.04 Å². The molecule has 1 aliphatic rings.